The highest BCUT2D eigenvalue weighted by Gasteiger charge is 2.25. The molecule has 0 amide bonds. The Morgan fingerprint density at radius 2 is 2.12 bits per heavy atom. The largest absolute Gasteiger partial charge is 0.381 e. The summed E-state index contributed by atoms with van der Waals surface area (Å²) in [5, 5.41) is 6.30. The van der Waals surface area contributed by atoms with Crippen molar-refractivity contribution in [3.63, 3.8) is 0 Å². The summed E-state index contributed by atoms with van der Waals surface area (Å²) in [7, 11) is 0. The van der Waals surface area contributed by atoms with Crippen LogP contribution in [0.4, 0.5) is 11.4 Å². The lowest BCUT2D eigenvalue weighted by Crippen LogP contribution is -2.36. The van der Waals surface area contributed by atoms with Crippen LogP contribution in [-0.4, -0.2) is 34.0 Å². The summed E-state index contributed by atoms with van der Waals surface area (Å²) in [5.74, 6) is 0. The highest BCUT2D eigenvalue weighted by Crippen LogP contribution is 2.36. The van der Waals surface area contributed by atoms with Crippen molar-refractivity contribution >= 4 is 34.0 Å². The van der Waals surface area contributed by atoms with Gasteiger partial charge in [-0.25, -0.2) is 9.67 Å². The van der Waals surface area contributed by atoms with Gasteiger partial charge in [-0.3, -0.25) is 0 Å². The molecule has 0 saturated carbocycles. The summed E-state index contributed by atoms with van der Waals surface area (Å²) in [5.41, 5.74) is 3.13. The van der Waals surface area contributed by atoms with Gasteiger partial charge in [0.05, 0.1) is 17.3 Å². The number of aryl methyl sites for hydroxylation is 1. The van der Waals surface area contributed by atoms with Crippen LogP contribution in [0.2, 0.25) is 5.02 Å². The van der Waals surface area contributed by atoms with Gasteiger partial charge in [0.15, 0.2) is 5.65 Å². The van der Waals surface area contributed by atoms with Gasteiger partial charge >= 0.3 is 0 Å². The van der Waals surface area contributed by atoms with Crippen LogP contribution in [0.3, 0.4) is 0 Å². The average molecular weight is 357 g/mol. The summed E-state index contributed by atoms with van der Waals surface area (Å²) in [6.07, 6.45) is 5.75. The van der Waals surface area contributed by atoms with E-state index in [-0.39, 0.29) is 0 Å². The minimum atomic E-state index is 0.364. The van der Waals surface area contributed by atoms with Gasteiger partial charge in [0, 0.05) is 42.7 Å². The first kappa shape index (κ1) is 16.4. The minimum Gasteiger partial charge on any atom is -0.381 e. The van der Waals surface area contributed by atoms with Crippen LogP contribution in [0, 0.1) is 0 Å². The fourth-order valence-corrected chi connectivity index (χ4v) is 3.71. The van der Waals surface area contributed by atoms with Crippen molar-refractivity contribution in [2.45, 2.75) is 32.4 Å². The summed E-state index contributed by atoms with van der Waals surface area (Å²) in [6.45, 7) is 4.44. The lowest BCUT2D eigenvalue weighted by molar-refractivity contribution is 0.0866. The van der Waals surface area contributed by atoms with Gasteiger partial charge < -0.3 is 9.64 Å². The lowest BCUT2D eigenvalue weighted by atomic mass is 10.0. The monoisotopic (exact) mass is 356 g/mol. The predicted octanol–water partition coefficient (Wildman–Crippen LogP) is 4.42. The molecule has 1 aliphatic rings. The Morgan fingerprint density at radius 3 is 2.88 bits per heavy atom. The van der Waals surface area contributed by atoms with Crippen molar-refractivity contribution in [2.24, 2.45) is 0 Å². The molecular formula is C19H21ClN4O. The van der Waals surface area contributed by atoms with Gasteiger partial charge in [-0.05, 0) is 44.0 Å². The van der Waals surface area contributed by atoms with Crippen molar-refractivity contribution in [1.29, 1.82) is 0 Å². The van der Waals surface area contributed by atoms with Crippen molar-refractivity contribution in [2.75, 3.05) is 18.1 Å². The molecular weight excluding hydrogens is 336 g/mol. The van der Waals surface area contributed by atoms with Gasteiger partial charge in [0.25, 0.3) is 0 Å². The Balaban J connectivity index is 1.87. The molecule has 4 rings (SSSR count). The highest BCUT2D eigenvalue weighted by molar-refractivity contribution is 6.30. The number of hydrogen-bond acceptors (Lipinski definition) is 4. The van der Waals surface area contributed by atoms with Gasteiger partial charge in [-0.1, -0.05) is 17.7 Å². The number of ether oxygens (including phenoxy) is 1. The molecule has 1 aromatic carbocycles. The quantitative estimate of drug-likeness (QED) is 0.694. The highest BCUT2D eigenvalue weighted by atomic mass is 35.5. The number of benzene rings is 1. The molecule has 1 saturated heterocycles. The molecule has 2 aromatic heterocycles. The molecule has 130 valence electrons. The Hall–Kier alpha value is -2.11. The van der Waals surface area contributed by atoms with E-state index in [1.54, 1.807) is 0 Å². The van der Waals surface area contributed by atoms with Gasteiger partial charge in [0.1, 0.15) is 0 Å². The van der Waals surface area contributed by atoms with E-state index < -0.39 is 0 Å². The van der Waals surface area contributed by atoms with E-state index >= 15 is 0 Å². The molecule has 0 radical (unpaired) electrons. The summed E-state index contributed by atoms with van der Waals surface area (Å²) < 4.78 is 7.50. The number of halogens is 1. The summed E-state index contributed by atoms with van der Waals surface area (Å²) >= 11 is 6.28. The molecule has 25 heavy (non-hydrogen) atoms. The number of pyridine rings is 1. The third-order valence-electron chi connectivity index (χ3n) is 4.72. The van der Waals surface area contributed by atoms with Gasteiger partial charge in [-0.15, -0.1) is 0 Å². The van der Waals surface area contributed by atoms with E-state index in [1.165, 1.54) is 0 Å². The summed E-state index contributed by atoms with van der Waals surface area (Å²) in [6, 6.07) is 10.5. The number of rotatable bonds is 4. The lowest BCUT2D eigenvalue weighted by Gasteiger charge is -2.36. The molecule has 0 unspecified atom stereocenters. The Labute approximate surface area is 152 Å². The molecule has 6 heteroatoms. The smallest absolute Gasteiger partial charge is 0.159 e. The molecule has 0 atom stereocenters. The molecule has 1 aliphatic heterocycles. The topological polar surface area (TPSA) is 43.2 Å². The Bertz CT molecular complexity index is 873. The van der Waals surface area contributed by atoms with Crippen LogP contribution >= 0.6 is 11.6 Å². The van der Waals surface area contributed by atoms with E-state index in [1.807, 2.05) is 35.3 Å². The van der Waals surface area contributed by atoms with Gasteiger partial charge in [-0.2, -0.15) is 5.10 Å². The molecule has 0 aliphatic carbocycles. The number of hydrogen-bond donors (Lipinski definition) is 0. The number of aromatic nitrogens is 3. The third kappa shape index (κ3) is 3.10. The van der Waals surface area contributed by atoms with Crippen molar-refractivity contribution in [3.05, 3.63) is 47.7 Å². The van der Waals surface area contributed by atoms with E-state index in [0.29, 0.717) is 6.04 Å². The molecule has 5 nitrogen and oxygen atoms in total. The number of fused-ring (bicyclic) bond motifs is 1. The third-order valence-corrected chi connectivity index (χ3v) is 4.95. The second-order valence-corrected chi connectivity index (χ2v) is 6.66. The van der Waals surface area contributed by atoms with E-state index in [9.17, 15) is 0 Å². The molecule has 0 bridgehead atoms. The zero-order valence-corrected chi connectivity index (χ0v) is 15.0. The van der Waals surface area contributed by atoms with Crippen molar-refractivity contribution < 1.29 is 4.74 Å². The minimum absolute atomic E-state index is 0.364. The zero-order valence-electron chi connectivity index (χ0n) is 14.2. The van der Waals surface area contributed by atoms with E-state index in [4.69, 9.17) is 16.3 Å². The maximum Gasteiger partial charge on any atom is 0.159 e. The maximum atomic E-state index is 6.28. The van der Waals surface area contributed by atoms with E-state index in [0.717, 1.165) is 60.0 Å². The molecule has 3 heterocycles. The van der Waals surface area contributed by atoms with Crippen LogP contribution in [0.1, 0.15) is 19.8 Å². The molecule has 0 N–H and O–H groups in total. The second kappa shape index (κ2) is 7.02. The van der Waals surface area contributed by atoms with Crippen LogP contribution in [-0.2, 0) is 11.3 Å². The first-order valence-corrected chi connectivity index (χ1v) is 9.09. The number of nitrogens with zero attached hydrogens (tertiary/aromatic N) is 4. The number of anilines is 2. The maximum absolute atomic E-state index is 6.28. The average Bonchev–Trinajstić information content (AvgIpc) is 3.07. The van der Waals surface area contributed by atoms with Gasteiger partial charge in [0.2, 0.25) is 0 Å². The van der Waals surface area contributed by atoms with Crippen molar-refractivity contribution in [1.82, 2.24) is 14.8 Å². The first-order valence-electron chi connectivity index (χ1n) is 8.71. The van der Waals surface area contributed by atoms with Crippen molar-refractivity contribution in [3.8, 4) is 0 Å². The second-order valence-electron chi connectivity index (χ2n) is 6.22. The van der Waals surface area contributed by atoms with Crippen LogP contribution < -0.4 is 4.90 Å². The van der Waals surface area contributed by atoms with Crippen LogP contribution in [0.25, 0.3) is 11.0 Å². The fourth-order valence-electron chi connectivity index (χ4n) is 3.52. The first-order chi connectivity index (χ1) is 12.3. The predicted molar refractivity (Wildman–Crippen MR) is 101 cm³/mol. The normalized spacial score (nSPS) is 15.6. The summed E-state index contributed by atoms with van der Waals surface area (Å²) in [4.78, 5) is 6.91. The Kier molecular flexibility index (Phi) is 4.59. The molecule has 0 spiro atoms. The van der Waals surface area contributed by atoms with Crippen LogP contribution in [0.5, 0.6) is 0 Å². The zero-order chi connectivity index (χ0) is 17.2. The molecule has 1 fully saturated rings. The SMILES string of the molecule is CCn1ncc2c(N(c3cccc(Cl)c3)C3CCOCC3)ccnc21. The fraction of sp³-hybridized carbons (Fsp3) is 0.368. The standard InChI is InChI=1S/C19H21ClN4O/c1-2-23-19-17(13-22-23)18(6-9-21-19)24(15-7-10-25-11-8-15)16-5-3-4-14(20)12-16/h3-6,9,12-13,15H,2,7-8,10-11H2,1H3. The molecule has 3 aromatic rings. The van der Waals surface area contributed by atoms with Crippen LogP contribution in [0.15, 0.2) is 42.7 Å². The Morgan fingerprint density at radius 1 is 1.28 bits per heavy atom. The van der Waals surface area contributed by atoms with E-state index in [2.05, 4.69) is 34.0 Å².